The van der Waals surface area contributed by atoms with Crippen molar-refractivity contribution in [2.75, 3.05) is 19.0 Å². The lowest BCUT2D eigenvalue weighted by atomic mass is 10.1. The summed E-state index contributed by atoms with van der Waals surface area (Å²) in [5.74, 6) is -0.801. The first kappa shape index (κ1) is 27.2. The third-order valence-corrected chi connectivity index (χ3v) is 7.15. The fraction of sp³-hybridized carbons (Fsp3) is 0.179. The largest absolute Gasteiger partial charge is 0.493 e. The van der Waals surface area contributed by atoms with Crippen LogP contribution in [0.15, 0.2) is 59.5 Å². The van der Waals surface area contributed by atoms with Gasteiger partial charge in [0.2, 0.25) is 0 Å². The third kappa shape index (κ3) is 6.17. The maximum atomic E-state index is 14.2. The Balaban J connectivity index is 1.43. The van der Waals surface area contributed by atoms with E-state index in [1.165, 1.54) is 31.4 Å². The smallest absolute Gasteiger partial charge is 0.293 e. The number of nitrogens with zero attached hydrogens (tertiary/aromatic N) is 1. The molecule has 1 saturated heterocycles. The average molecular weight is 555 g/mol. The molecule has 0 spiro atoms. The van der Waals surface area contributed by atoms with Gasteiger partial charge in [0.25, 0.3) is 17.1 Å². The van der Waals surface area contributed by atoms with E-state index in [9.17, 15) is 18.8 Å². The summed E-state index contributed by atoms with van der Waals surface area (Å²) in [5.41, 5.74) is 3.51. The van der Waals surface area contributed by atoms with Gasteiger partial charge in [-0.25, -0.2) is 4.39 Å². The van der Waals surface area contributed by atoms with Crippen LogP contribution in [0.4, 0.5) is 14.9 Å². The van der Waals surface area contributed by atoms with Gasteiger partial charge in [-0.1, -0.05) is 29.8 Å². The first-order chi connectivity index (χ1) is 18.2. The van der Waals surface area contributed by atoms with Crippen LogP contribution in [0.5, 0.6) is 11.5 Å². The first-order valence-electron chi connectivity index (χ1n) is 11.5. The molecular weight excluding hydrogens is 531 g/mol. The second-order valence-electron chi connectivity index (χ2n) is 8.51. The molecule has 3 aromatic carbocycles. The number of hydrogen-bond donors (Lipinski definition) is 1. The molecule has 0 unspecified atom stereocenters. The van der Waals surface area contributed by atoms with Gasteiger partial charge < -0.3 is 14.8 Å². The molecule has 1 fully saturated rings. The Morgan fingerprint density at radius 1 is 1.08 bits per heavy atom. The fourth-order valence-corrected chi connectivity index (χ4v) is 4.74. The number of methoxy groups -OCH3 is 1. The summed E-state index contributed by atoms with van der Waals surface area (Å²) < 4.78 is 25.2. The van der Waals surface area contributed by atoms with E-state index in [0.717, 1.165) is 27.8 Å². The highest BCUT2D eigenvalue weighted by Crippen LogP contribution is 2.36. The van der Waals surface area contributed by atoms with Crippen molar-refractivity contribution in [1.82, 2.24) is 4.90 Å². The zero-order valence-corrected chi connectivity index (χ0v) is 22.4. The van der Waals surface area contributed by atoms with Gasteiger partial charge in [-0.3, -0.25) is 19.3 Å². The molecule has 0 radical (unpaired) electrons. The van der Waals surface area contributed by atoms with E-state index in [1.807, 2.05) is 32.0 Å². The number of carbonyl (C=O) groups excluding carboxylic acids is 3. The van der Waals surface area contributed by atoms with Crippen molar-refractivity contribution in [3.8, 4) is 11.5 Å². The monoisotopic (exact) mass is 554 g/mol. The van der Waals surface area contributed by atoms with E-state index in [0.29, 0.717) is 22.7 Å². The highest BCUT2D eigenvalue weighted by molar-refractivity contribution is 8.18. The Bertz CT molecular complexity index is 1440. The second kappa shape index (κ2) is 11.7. The molecule has 1 aliphatic heterocycles. The molecule has 10 heteroatoms. The lowest BCUT2D eigenvalue weighted by Gasteiger charge is -2.14. The molecule has 0 saturated carbocycles. The predicted octanol–water partition coefficient (Wildman–Crippen LogP) is 6.36. The minimum Gasteiger partial charge on any atom is -0.493 e. The van der Waals surface area contributed by atoms with Crippen LogP contribution in [-0.2, 0) is 16.1 Å². The molecule has 0 aromatic heterocycles. The molecule has 1 N–H and O–H groups in total. The van der Waals surface area contributed by atoms with Gasteiger partial charge in [0.1, 0.15) is 5.82 Å². The molecule has 7 nitrogen and oxygen atoms in total. The Morgan fingerprint density at radius 3 is 2.58 bits per heavy atom. The molecule has 0 atom stereocenters. The number of hydrogen-bond acceptors (Lipinski definition) is 6. The number of anilines is 1. The van der Waals surface area contributed by atoms with Gasteiger partial charge in [0.05, 0.1) is 18.6 Å². The molecule has 0 bridgehead atoms. The SMILES string of the molecule is COc1cc(C=C2SC(=O)N(Cc3c(F)cccc3Cl)C2=O)ccc1OCC(=O)Nc1ccc(C)c(C)c1. The van der Waals surface area contributed by atoms with Gasteiger partial charge in [-0.05, 0) is 84.8 Å². The zero-order valence-electron chi connectivity index (χ0n) is 20.8. The maximum absolute atomic E-state index is 14.2. The molecule has 0 aliphatic carbocycles. The summed E-state index contributed by atoms with van der Waals surface area (Å²) in [6.07, 6.45) is 1.53. The van der Waals surface area contributed by atoms with Gasteiger partial charge >= 0.3 is 0 Å². The Labute approximate surface area is 228 Å². The quantitative estimate of drug-likeness (QED) is 0.326. The average Bonchev–Trinajstić information content (AvgIpc) is 3.14. The number of ether oxygens (including phenoxy) is 2. The summed E-state index contributed by atoms with van der Waals surface area (Å²) >= 11 is 6.80. The minimum atomic E-state index is -0.594. The van der Waals surface area contributed by atoms with Crippen LogP contribution in [-0.4, -0.2) is 35.7 Å². The Morgan fingerprint density at radius 2 is 1.87 bits per heavy atom. The Kier molecular flexibility index (Phi) is 8.38. The maximum Gasteiger partial charge on any atom is 0.293 e. The summed E-state index contributed by atoms with van der Waals surface area (Å²) in [7, 11) is 1.45. The highest BCUT2D eigenvalue weighted by Gasteiger charge is 2.36. The van der Waals surface area contributed by atoms with Crippen molar-refractivity contribution < 1.29 is 28.2 Å². The standard InChI is InChI=1S/C28H24ClFN2O5S/c1-16-7-9-19(11-17(16)2)31-26(33)15-37-23-10-8-18(12-24(23)36-3)13-25-27(34)32(28(35)38-25)14-20-21(29)5-4-6-22(20)30/h4-13H,14-15H2,1-3H3,(H,31,33). The number of amides is 3. The van der Waals surface area contributed by atoms with Crippen LogP contribution in [0.1, 0.15) is 22.3 Å². The van der Waals surface area contributed by atoms with E-state index in [-0.39, 0.29) is 34.6 Å². The van der Waals surface area contributed by atoms with Crippen LogP contribution >= 0.6 is 23.4 Å². The van der Waals surface area contributed by atoms with E-state index >= 15 is 0 Å². The number of carbonyl (C=O) groups is 3. The van der Waals surface area contributed by atoms with Gasteiger partial charge in [-0.15, -0.1) is 0 Å². The fourth-order valence-electron chi connectivity index (χ4n) is 3.68. The van der Waals surface area contributed by atoms with E-state index in [4.69, 9.17) is 21.1 Å². The lowest BCUT2D eigenvalue weighted by Crippen LogP contribution is -2.28. The zero-order chi connectivity index (χ0) is 27.4. The number of halogens is 2. The third-order valence-electron chi connectivity index (χ3n) is 5.89. The van der Waals surface area contributed by atoms with E-state index in [2.05, 4.69) is 5.32 Å². The van der Waals surface area contributed by atoms with Crippen LogP contribution in [0.3, 0.4) is 0 Å². The van der Waals surface area contributed by atoms with Crippen molar-refractivity contribution in [2.24, 2.45) is 0 Å². The Hall–Kier alpha value is -3.82. The first-order valence-corrected chi connectivity index (χ1v) is 12.7. The van der Waals surface area contributed by atoms with Crippen molar-refractivity contribution >= 4 is 52.2 Å². The normalized spacial score (nSPS) is 14.2. The summed E-state index contributed by atoms with van der Waals surface area (Å²) in [6, 6.07) is 14.7. The highest BCUT2D eigenvalue weighted by atomic mass is 35.5. The topological polar surface area (TPSA) is 84.9 Å². The van der Waals surface area contributed by atoms with Gasteiger partial charge in [0, 0.05) is 16.3 Å². The van der Waals surface area contributed by atoms with Crippen molar-refractivity contribution in [3.63, 3.8) is 0 Å². The number of rotatable bonds is 8. The van der Waals surface area contributed by atoms with Crippen LogP contribution < -0.4 is 14.8 Å². The van der Waals surface area contributed by atoms with Crippen molar-refractivity contribution in [1.29, 1.82) is 0 Å². The molecule has 1 heterocycles. The molecular formula is C28H24ClFN2O5S. The molecule has 4 rings (SSSR count). The lowest BCUT2D eigenvalue weighted by molar-refractivity contribution is -0.123. The molecule has 38 heavy (non-hydrogen) atoms. The molecule has 1 aliphatic rings. The number of aryl methyl sites for hydroxylation is 2. The van der Waals surface area contributed by atoms with Gasteiger partial charge in [-0.2, -0.15) is 0 Å². The number of benzene rings is 3. The van der Waals surface area contributed by atoms with Crippen molar-refractivity contribution in [3.05, 3.63) is 92.6 Å². The van der Waals surface area contributed by atoms with Crippen LogP contribution in [0.25, 0.3) is 6.08 Å². The van der Waals surface area contributed by atoms with Crippen LogP contribution in [0, 0.1) is 19.7 Å². The predicted molar refractivity (Wildman–Crippen MR) is 146 cm³/mol. The number of nitrogens with one attached hydrogen (secondary N) is 1. The molecule has 3 amide bonds. The second-order valence-corrected chi connectivity index (χ2v) is 9.91. The summed E-state index contributed by atoms with van der Waals surface area (Å²) in [6.45, 7) is 3.45. The number of thioether (sulfide) groups is 1. The van der Waals surface area contributed by atoms with E-state index < -0.39 is 17.0 Å². The minimum absolute atomic E-state index is 0.0717. The summed E-state index contributed by atoms with van der Waals surface area (Å²) in [4.78, 5) is 38.8. The summed E-state index contributed by atoms with van der Waals surface area (Å²) in [5, 5.41) is 2.40. The molecule has 3 aromatic rings. The van der Waals surface area contributed by atoms with Crippen molar-refractivity contribution in [2.45, 2.75) is 20.4 Å². The number of imide groups is 1. The van der Waals surface area contributed by atoms with Gasteiger partial charge in [0.15, 0.2) is 18.1 Å². The molecule has 196 valence electrons. The van der Waals surface area contributed by atoms with Crippen LogP contribution in [0.2, 0.25) is 5.02 Å². The van der Waals surface area contributed by atoms with E-state index in [1.54, 1.807) is 18.2 Å².